The number of imide groups is 1. The Hall–Kier alpha value is -2.31. The predicted molar refractivity (Wildman–Crippen MR) is 106 cm³/mol. The highest BCUT2D eigenvalue weighted by Gasteiger charge is 2.40. The Bertz CT molecular complexity index is 894. The molecule has 2 fully saturated rings. The maximum atomic E-state index is 12.7. The smallest absolute Gasteiger partial charge is 0.247 e. The van der Waals surface area contributed by atoms with Gasteiger partial charge >= 0.3 is 0 Å². The quantitative estimate of drug-likeness (QED) is 0.767. The van der Waals surface area contributed by atoms with Gasteiger partial charge in [-0.2, -0.15) is 0 Å². The van der Waals surface area contributed by atoms with Crippen LogP contribution in [-0.4, -0.2) is 23.0 Å². The third-order valence-electron chi connectivity index (χ3n) is 4.54. The predicted octanol–water partition coefficient (Wildman–Crippen LogP) is 4.11. The summed E-state index contributed by atoms with van der Waals surface area (Å²) in [5.41, 5.74) is 1.28. The van der Waals surface area contributed by atoms with Crippen LogP contribution in [0.25, 0.3) is 0 Å². The van der Waals surface area contributed by atoms with Crippen molar-refractivity contribution in [1.82, 2.24) is 0 Å². The number of benzene rings is 2. The molecule has 5 nitrogen and oxygen atoms in total. The van der Waals surface area contributed by atoms with Crippen molar-refractivity contribution in [3.05, 3.63) is 53.6 Å². The zero-order valence-electron chi connectivity index (χ0n) is 14.4. The SMILES string of the molecule is O=C(Nc1ccc(SC2CC(=O)N(c3ccc(Cl)cc3)C2=O)cc1)C1CC1. The third kappa shape index (κ3) is 4.01. The highest BCUT2D eigenvalue weighted by molar-refractivity contribution is 8.00. The minimum Gasteiger partial charge on any atom is -0.326 e. The summed E-state index contributed by atoms with van der Waals surface area (Å²) in [4.78, 5) is 38.9. The Morgan fingerprint density at radius 3 is 2.33 bits per heavy atom. The second-order valence-corrected chi connectivity index (χ2v) is 8.35. The third-order valence-corrected chi connectivity index (χ3v) is 5.99. The second-order valence-electron chi connectivity index (χ2n) is 6.64. The molecule has 1 aliphatic heterocycles. The first kappa shape index (κ1) is 18.1. The lowest BCUT2D eigenvalue weighted by atomic mass is 10.3. The first-order chi connectivity index (χ1) is 13.0. The van der Waals surface area contributed by atoms with Crippen LogP contribution in [0.4, 0.5) is 11.4 Å². The monoisotopic (exact) mass is 400 g/mol. The molecule has 4 rings (SSSR count). The molecule has 27 heavy (non-hydrogen) atoms. The summed E-state index contributed by atoms with van der Waals surface area (Å²) >= 11 is 7.23. The summed E-state index contributed by atoms with van der Waals surface area (Å²) < 4.78 is 0. The summed E-state index contributed by atoms with van der Waals surface area (Å²) in [6, 6.07) is 14.0. The van der Waals surface area contributed by atoms with E-state index in [1.54, 1.807) is 24.3 Å². The lowest BCUT2D eigenvalue weighted by Gasteiger charge is -2.15. The minimum absolute atomic E-state index is 0.0607. The molecule has 1 atom stereocenters. The zero-order valence-corrected chi connectivity index (χ0v) is 15.9. The van der Waals surface area contributed by atoms with Crippen molar-refractivity contribution < 1.29 is 14.4 Å². The van der Waals surface area contributed by atoms with E-state index in [1.807, 2.05) is 24.3 Å². The molecule has 1 saturated heterocycles. The molecule has 0 aromatic heterocycles. The van der Waals surface area contributed by atoms with Gasteiger partial charge in [0.05, 0.1) is 10.9 Å². The van der Waals surface area contributed by atoms with Crippen LogP contribution in [0.3, 0.4) is 0 Å². The van der Waals surface area contributed by atoms with E-state index in [2.05, 4.69) is 5.32 Å². The van der Waals surface area contributed by atoms with Crippen LogP contribution in [0.1, 0.15) is 19.3 Å². The van der Waals surface area contributed by atoms with Crippen molar-refractivity contribution in [1.29, 1.82) is 0 Å². The molecular formula is C20H17ClN2O3S. The van der Waals surface area contributed by atoms with E-state index in [1.165, 1.54) is 16.7 Å². The number of hydrogen-bond acceptors (Lipinski definition) is 4. The number of nitrogens with zero attached hydrogens (tertiary/aromatic N) is 1. The molecule has 1 N–H and O–H groups in total. The van der Waals surface area contributed by atoms with Gasteiger partial charge in [0, 0.05) is 27.9 Å². The van der Waals surface area contributed by atoms with E-state index >= 15 is 0 Å². The van der Waals surface area contributed by atoms with Crippen molar-refractivity contribution in [2.24, 2.45) is 5.92 Å². The maximum absolute atomic E-state index is 12.7. The summed E-state index contributed by atoms with van der Waals surface area (Å²) in [5, 5.41) is 2.98. The number of hydrogen-bond donors (Lipinski definition) is 1. The molecule has 0 spiro atoms. The van der Waals surface area contributed by atoms with E-state index in [0.29, 0.717) is 10.7 Å². The van der Waals surface area contributed by atoms with E-state index in [0.717, 1.165) is 23.4 Å². The van der Waals surface area contributed by atoms with Gasteiger partial charge in [-0.25, -0.2) is 4.90 Å². The van der Waals surface area contributed by atoms with Gasteiger partial charge in [0.25, 0.3) is 0 Å². The Labute approximate surface area is 166 Å². The molecule has 138 valence electrons. The van der Waals surface area contributed by atoms with Gasteiger partial charge in [-0.05, 0) is 61.4 Å². The lowest BCUT2D eigenvalue weighted by Crippen LogP contribution is -2.31. The van der Waals surface area contributed by atoms with Crippen LogP contribution in [0.2, 0.25) is 5.02 Å². The van der Waals surface area contributed by atoms with Crippen LogP contribution in [0.5, 0.6) is 0 Å². The molecule has 2 aromatic carbocycles. The van der Waals surface area contributed by atoms with Gasteiger partial charge < -0.3 is 5.32 Å². The number of carbonyl (C=O) groups is 3. The fourth-order valence-corrected chi connectivity index (χ4v) is 4.11. The number of thioether (sulfide) groups is 1. The molecule has 1 aliphatic carbocycles. The Kier molecular flexibility index (Phi) is 4.93. The van der Waals surface area contributed by atoms with Gasteiger partial charge in [0.15, 0.2) is 0 Å². The normalized spacial score (nSPS) is 19.4. The number of amides is 3. The summed E-state index contributed by atoms with van der Waals surface area (Å²) in [5.74, 6) is -0.225. The number of nitrogens with one attached hydrogen (secondary N) is 1. The molecule has 1 unspecified atom stereocenters. The van der Waals surface area contributed by atoms with Crippen LogP contribution < -0.4 is 10.2 Å². The molecular weight excluding hydrogens is 384 g/mol. The van der Waals surface area contributed by atoms with Crippen molar-refractivity contribution in [3.63, 3.8) is 0 Å². The van der Waals surface area contributed by atoms with E-state index in [-0.39, 0.29) is 30.1 Å². The Morgan fingerprint density at radius 1 is 1.04 bits per heavy atom. The van der Waals surface area contributed by atoms with Crippen LogP contribution >= 0.6 is 23.4 Å². The molecule has 1 heterocycles. The van der Waals surface area contributed by atoms with Gasteiger partial charge in [0.2, 0.25) is 17.7 Å². The first-order valence-corrected chi connectivity index (χ1v) is 9.97. The maximum Gasteiger partial charge on any atom is 0.247 e. The molecule has 0 radical (unpaired) electrons. The number of anilines is 2. The molecule has 7 heteroatoms. The van der Waals surface area contributed by atoms with E-state index in [9.17, 15) is 14.4 Å². The molecule has 3 amide bonds. The van der Waals surface area contributed by atoms with Gasteiger partial charge in [-0.3, -0.25) is 14.4 Å². The standard InChI is InChI=1S/C20H17ClN2O3S/c21-13-3-7-15(8-4-13)23-18(24)11-17(20(23)26)27-16-9-5-14(6-10-16)22-19(25)12-1-2-12/h3-10,12,17H,1-2,11H2,(H,22,25). The largest absolute Gasteiger partial charge is 0.326 e. The number of rotatable bonds is 5. The number of halogens is 1. The summed E-state index contributed by atoms with van der Waals surface area (Å²) in [6.07, 6.45) is 2.08. The average molecular weight is 401 g/mol. The van der Waals surface area contributed by atoms with Crippen LogP contribution in [0, 0.1) is 5.92 Å². The number of carbonyl (C=O) groups excluding carboxylic acids is 3. The van der Waals surface area contributed by atoms with Crippen LogP contribution in [0.15, 0.2) is 53.4 Å². The summed E-state index contributed by atoms with van der Waals surface area (Å²) in [6.45, 7) is 0. The minimum atomic E-state index is -0.458. The molecule has 1 saturated carbocycles. The first-order valence-electron chi connectivity index (χ1n) is 8.71. The topological polar surface area (TPSA) is 66.5 Å². The Balaban J connectivity index is 1.42. The van der Waals surface area contributed by atoms with Gasteiger partial charge in [-0.1, -0.05) is 11.6 Å². The summed E-state index contributed by atoms with van der Waals surface area (Å²) in [7, 11) is 0. The average Bonchev–Trinajstić information content (AvgIpc) is 3.46. The van der Waals surface area contributed by atoms with E-state index < -0.39 is 5.25 Å². The van der Waals surface area contributed by atoms with Gasteiger partial charge in [-0.15, -0.1) is 11.8 Å². The highest BCUT2D eigenvalue weighted by atomic mass is 35.5. The van der Waals surface area contributed by atoms with Crippen molar-refractivity contribution in [2.75, 3.05) is 10.2 Å². The van der Waals surface area contributed by atoms with Crippen molar-refractivity contribution in [3.8, 4) is 0 Å². The lowest BCUT2D eigenvalue weighted by molar-refractivity contribution is -0.121. The highest BCUT2D eigenvalue weighted by Crippen LogP contribution is 2.35. The zero-order chi connectivity index (χ0) is 19.0. The van der Waals surface area contributed by atoms with Gasteiger partial charge in [0.1, 0.15) is 0 Å². The van der Waals surface area contributed by atoms with E-state index in [4.69, 9.17) is 11.6 Å². The van der Waals surface area contributed by atoms with Crippen molar-refractivity contribution in [2.45, 2.75) is 29.4 Å². The molecule has 0 bridgehead atoms. The van der Waals surface area contributed by atoms with Crippen molar-refractivity contribution >= 4 is 52.5 Å². The van der Waals surface area contributed by atoms with Crippen LogP contribution in [-0.2, 0) is 14.4 Å². The molecule has 2 aliphatic rings. The fraction of sp³-hybridized carbons (Fsp3) is 0.250. The Morgan fingerprint density at radius 2 is 1.70 bits per heavy atom. The second kappa shape index (κ2) is 7.37. The molecule has 2 aromatic rings. The fourth-order valence-electron chi connectivity index (χ4n) is 2.93.